The first-order valence-electron chi connectivity index (χ1n) is 8.08. The molecule has 0 saturated heterocycles. The molecule has 0 spiro atoms. The number of ether oxygens (including phenoxy) is 2. The van der Waals surface area contributed by atoms with Crippen molar-refractivity contribution in [2.24, 2.45) is 0 Å². The Kier molecular flexibility index (Phi) is 5.48. The number of amides is 1. The van der Waals surface area contributed by atoms with E-state index in [-0.39, 0.29) is 5.91 Å². The van der Waals surface area contributed by atoms with Crippen LogP contribution in [0.25, 0.3) is 11.5 Å². The van der Waals surface area contributed by atoms with Crippen molar-refractivity contribution in [2.45, 2.75) is 6.42 Å². The molecule has 1 heterocycles. The summed E-state index contributed by atoms with van der Waals surface area (Å²) in [6.45, 7) is 0.398. The summed E-state index contributed by atoms with van der Waals surface area (Å²) in [6, 6.07) is 14.3. The summed E-state index contributed by atoms with van der Waals surface area (Å²) in [4.78, 5) is 12.1. The van der Waals surface area contributed by atoms with Crippen LogP contribution >= 0.6 is 0 Å². The normalized spacial score (nSPS) is 10.4. The van der Waals surface area contributed by atoms with Crippen molar-refractivity contribution in [1.29, 1.82) is 0 Å². The first-order valence-corrected chi connectivity index (χ1v) is 8.08. The van der Waals surface area contributed by atoms with Crippen LogP contribution in [0, 0.1) is 0 Å². The molecule has 0 unspecified atom stereocenters. The van der Waals surface area contributed by atoms with Gasteiger partial charge in [0.2, 0.25) is 11.8 Å². The van der Waals surface area contributed by atoms with Crippen molar-refractivity contribution in [2.75, 3.05) is 20.8 Å². The number of aromatic nitrogens is 2. The zero-order valence-corrected chi connectivity index (χ0v) is 14.6. The topological polar surface area (TPSA) is 86.5 Å². The molecule has 2 aromatic carbocycles. The predicted molar refractivity (Wildman–Crippen MR) is 95.3 cm³/mol. The largest absolute Gasteiger partial charge is 0.497 e. The highest BCUT2D eigenvalue weighted by atomic mass is 16.5. The van der Waals surface area contributed by atoms with Crippen molar-refractivity contribution in [3.05, 3.63) is 60.0 Å². The van der Waals surface area contributed by atoms with E-state index in [1.165, 1.54) is 0 Å². The Bertz CT molecular complexity index is 857. The summed E-state index contributed by atoms with van der Waals surface area (Å²) in [5, 5.41) is 10.9. The molecule has 7 nitrogen and oxygen atoms in total. The van der Waals surface area contributed by atoms with Gasteiger partial charge >= 0.3 is 0 Å². The molecule has 7 heteroatoms. The highest BCUT2D eigenvalue weighted by Gasteiger charge is 2.10. The summed E-state index contributed by atoms with van der Waals surface area (Å²) in [7, 11) is 3.19. The van der Waals surface area contributed by atoms with Gasteiger partial charge in [0.25, 0.3) is 5.91 Å². The molecule has 1 aromatic heterocycles. The van der Waals surface area contributed by atoms with Gasteiger partial charge in [-0.1, -0.05) is 0 Å². The van der Waals surface area contributed by atoms with Crippen LogP contribution in [0.4, 0.5) is 0 Å². The van der Waals surface area contributed by atoms with Crippen LogP contribution in [0.2, 0.25) is 0 Å². The molecule has 0 aliphatic heterocycles. The van der Waals surface area contributed by atoms with Crippen LogP contribution in [-0.2, 0) is 6.42 Å². The zero-order chi connectivity index (χ0) is 18.4. The summed E-state index contributed by atoms with van der Waals surface area (Å²) >= 11 is 0. The van der Waals surface area contributed by atoms with Gasteiger partial charge in [-0.05, 0) is 48.5 Å². The third kappa shape index (κ3) is 4.18. The number of carbonyl (C=O) groups excluding carboxylic acids is 1. The van der Waals surface area contributed by atoms with E-state index in [1.807, 2.05) is 24.3 Å². The Morgan fingerprint density at radius 1 is 0.962 bits per heavy atom. The van der Waals surface area contributed by atoms with E-state index in [2.05, 4.69) is 15.5 Å². The number of hydrogen-bond acceptors (Lipinski definition) is 6. The van der Waals surface area contributed by atoms with E-state index < -0.39 is 0 Å². The second-order valence-corrected chi connectivity index (χ2v) is 5.46. The van der Waals surface area contributed by atoms with Gasteiger partial charge in [0, 0.05) is 24.1 Å². The highest BCUT2D eigenvalue weighted by molar-refractivity contribution is 5.94. The molecular formula is C19H19N3O4. The summed E-state index contributed by atoms with van der Waals surface area (Å²) < 4.78 is 15.8. The third-order valence-corrected chi connectivity index (χ3v) is 3.78. The predicted octanol–water partition coefficient (Wildman–Crippen LogP) is 2.73. The SMILES string of the molecule is COc1ccc(C(=O)NCCc2nnc(-c3ccc(OC)cc3)o2)cc1. The van der Waals surface area contributed by atoms with Gasteiger partial charge in [-0.3, -0.25) is 4.79 Å². The molecule has 0 atom stereocenters. The molecule has 0 radical (unpaired) electrons. The van der Waals surface area contributed by atoms with Crippen molar-refractivity contribution >= 4 is 5.91 Å². The van der Waals surface area contributed by atoms with E-state index in [0.717, 1.165) is 11.3 Å². The average molecular weight is 353 g/mol. The van der Waals surface area contributed by atoms with Gasteiger partial charge in [-0.25, -0.2) is 0 Å². The van der Waals surface area contributed by atoms with Gasteiger partial charge < -0.3 is 19.2 Å². The number of rotatable bonds is 7. The van der Waals surface area contributed by atoms with E-state index in [4.69, 9.17) is 13.9 Å². The van der Waals surface area contributed by atoms with E-state index >= 15 is 0 Å². The van der Waals surface area contributed by atoms with E-state index in [0.29, 0.717) is 36.1 Å². The molecule has 3 rings (SSSR count). The van der Waals surface area contributed by atoms with Crippen LogP contribution in [0.5, 0.6) is 11.5 Å². The van der Waals surface area contributed by atoms with E-state index in [1.54, 1.807) is 38.5 Å². The Hall–Kier alpha value is -3.35. The first kappa shape index (κ1) is 17.5. The minimum absolute atomic E-state index is 0.164. The minimum atomic E-state index is -0.164. The smallest absolute Gasteiger partial charge is 0.251 e. The molecule has 0 bridgehead atoms. The second kappa shape index (κ2) is 8.15. The lowest BCUT2D eigenvalue weighted by Crippen LogP contribution is -2.25. The maximum absolute atomic E-state index is 12.1. The fourth-order valence-corrected chi connectivity index (χ4v) is 2.33. The lowest BCUT2D eigenvalue weighted by Gasteiger charge is -2.04. The quantitative estimate of drug-likeness (QED) is 0.703. The summed E-state index contributed by atoms with van der Waals surface area (Å²) in [6.07, 6.45) is 0.449. The maximum atomic E-state index is 12.1. The standard InChI is InChI=1S/C19H19N3O4/c1-24-15-7-3-13(4-8-15)18(23)20-12-11-17-21-22-19(26-17)14-5-9-16(25-2)10-6-14/h3-10H,11-12H2,1-2H3,(H,20,23). The number of nitrogens with zero attached hydrogens (tertiary/aromatic N) is 2. The number of hydrogen-bond donors (Lipinski definition) is 1. The average Bonchev–Trinajstić information content (AvgIpc) is 3.17. The van der Waals surface area contributed by atoms with E-state index in [9.17, 15) is 4.79 Å². The Balaban J connectivity index is 1.53. The van der Waals surface area contributed by atoms with Crippen LogP contribution in [-0.4, -0.2) is 36.9 Å². The number of benzene rings is 2. The monoisotopic (exact) mass is 353 g/mol. The fraction of sp³-hybridized carbons (Fsp3) is 0.211. The second-order valence-electron chi connectivity index (χ2n) is 5.46. The van der Waals surface area contributed by atoms with Crippen LogP contribution in [0.3, 0.4) is 0 Å². The van der Waals surface area contributed by atoms with Gasteiger partial charge in [-0.15, -0.1) is 10.2 Å². The number of carbonyl (C=O) groups is 1. The Labute approximate surface area is 151 Å². The number of nitrogens with one attached hydrogen (secondary N) is 1. The van der Waals surface area contributed by atoms with Gasteiger partial charge in [0.15, 0.2) is 0 Å². The van der Waals surface area contributed by atoms with Crippen molar-refractivity contribution < 1.29 is 18.7 Å². The van der Waals surface area contributed by atoms with Gasteiger partial charge in [0.1, 0.15) is 11.5 Å². The lowest BCUT2D eigenvalue weighted by molar-refractivity contribution is 0.0953. The lowest BCUT2D eigenvalue weighted by atomic mass is 10.2. The molecule has 1 amide bonds. The fourth-order valence-electron chi connectivity index (χ4n) is 2.33. The summed E-state index contributed by atoms with van der Waals surface area (Å²) in [5.41, 5.74) is 1.38. The van der Waals surface area contributed by atoms with Crippen molar-refractivity contribution in [1.82, 2.24) is 15.5 Å². The van der Waals surface area contributed by atoms with Gasteiger partial charge in [0.05, 0.1) is 14.2 Å². The molecule has 134 valence electrons. The zero-order valence-electron chi connectivity index (χ0n) is 14.6. The third-order valence-electron chi connectivity index (χ3n) is 3.78. The highest BCUT2D eigenvalue weighted by Crippen LogP contribution is 2.21. The molecule has 26 heavy (non-hydrogen) atoms. The summed E-state index contributed by atoms with van der Waals surface area (Å²) in [5.74, 6) is 2.20. The molecule has 0 saturated carbocycles. The molecule has 0 fully saturated rings. The molecule has 0 aliphatic rings. The first-order chi connectivity index (χ1) is 12.7. The number of methoxy groups -OCH3 is 2. The van der Waals surface area contributed by atoms with Crippen LogP contribution < -0.4 is 14.8 Å². The maximum Gasteiger partial charge on any atom is 0.251 e. The Morgan fingerprint density at radius 3 is 2.19 bits per heavy atom. The van der Waals surface area contributed by atoms with Crippen LogP contribution in [0.15, 0.2) is 52.9 Å². The van der Waals surface area contributed by atoms with Crippen molar-refractivity contribution in [3.63, 3.8) is 0 Å². The molecule has 3 aromatic rings. The molecular weight excluding hydrogens is 334 g/mol. The van der Waals surface area contributed by atoms with Gasteiger partial charge in [-0.2, -0.15) is 0 Å². The molecule has 1 N–H and O–H groups in total. The molecule has 0 aliphatic carbocycles. The Morgan fingerprint density at radius 2 is 1.58 bits per heavy atom. The minimum Gasteiger partial charge on any atom is -0.497 e. The van der Waals surface area contributed by atoms with Crippen molar-refractivity contribution in [3.8, 4) is 23.0 Å². The van der Waals surface area contributed by atoms with Crippen LogP contribution in [0.1, 0.15) is 16.2 Å².